The third-order valence-electron chi connectivity index (χ3n) is 6.75. The Morgan fingerprint density at radius 1 is 0.706 bits per heavy atom. The molecule has 0 bridgehead atoms. The minimum absolute atomic E-state index is 0.0512. The highest BCUT2D eigenvalue weighted by Gasteiger charge is 2.55. The van der Waals surface area contributed by atoms with E-state index in [9.17, 15) is 33.6 Å². The van der Waals surface area contributed by atoms with Crippen molar-refractivity contribution in [1.82, 2.24) is 15.0 Å². The third-order valence-corrected chi connectivity index (χ3v) is 6.75. The first-order valence-corrected chi connectivity index (χ1v) is 15.5. The van der Waals surface area contributed by atoms with E-state index >= 15 is 0 Å². The van der Waals surface area contributed by atoms with Crippen molar-refractivity contribution in [2.45, 2.75) is 97.5 Å². The number of carbonyl (C=O) groups is 7. The van der Waals surface area contributed by atoms with E-state index in [1.807, 2.05) is 0 Å². The number of aromatic nitrogens is 3. The molecule has 0 N–H and O–H groups in total. The lowest BCUT2D eigenvalue weighted by molar-refractivity contribution is -0.329. The van der Waals surface area contributed by atoms with Gasteiger partial charge in [-0.25, -0.2) is 0 Å². The predicted octanol–water partition coefficient (Wildman–Crippen LogP) is 0.835. The highest BCUT2D eigenvalue weighted by molar-refractivity contribution is 5.69. The molecule has 0 saturated carbocycles. The minimum Gasteiger partial charge on any atom is -0.463 e. The third kappa shape index (κ3) is 12.1. The summed E-state index contributed by atoms with van der Waals surface area (Å²) >= 11 is 0. The van der Waals surface area contributed by atoms with Gasteiger partial charge >= 0.3 is 41.8 Å². The van der Waals surface area contributed by atoms with Crippen LogP contribution in [0.4, 0.5) is 0 Å². The molecule has 0 spiro atoms. The lowest BCUT2D eigenvalue weighted by Crippen LogP contribution is -2.64. The highest BCUT2D eigenvalue weighted by Crippen LogP contribution is 2.35. The first-order chi connectivity index (χ1) is 24.0. The number of para-hydroxylation sites is 1. The summed E-state index contributed by atoms with van der Waals surface area (Å²) in [5.41, 5.74) is 0.462. The number of carbonyl (C=O) groups excluding carboxylic acids is 7. The number of hydrogen-bond donors (Lipinski definition) is 0. The molecule has 2 heterocycles. The molecule has 1 aromatic heterocycles. The standard InChI is InChI=1S/C32H39N3O16/c1-16(36)43-14-25(45-18(3)38)28(27(46-19(4)39)24-13-33-35(34-24)23-11-9-8-10-12-23)51-32-31(49-22(7)42)30(48-21(6)41)29(47-20(5)40)26(50-32)15-44-17(2)37/h8-13,25-32H,14-15H2,1-7H3/t25-,26-,27-,28-,29-,30+,31-,32+/m1/s1. The maximum atomic E-state index is 12.6. The summed E-state index contributed by atoms with van der Waals surface area (Å²) in [6, 6.07) is 8.62. The Morgan fingerprint density at radius 3 is 1.82 bits per heavy atom. The van der Waals surface area contributed by atoms with Crippen LogP contribution in [0.2, 0.25) is 0 Å². The monoisotopic (exact) mass is 721 g/mol. The number of hydrogen-bond acceptors (Lipinski definition) is 18. The number of rotatable bonds is 15. The lowest BCUT2D eigenvalue weighted by atomic mass is 9.97. The Bertz CT molecular complexity index is 1560. The van der Waals surface area contributed by atoms with Gasteiger partial charge in [-0.05, 0) is 12.1 Å². The SMILES string of the molecule is CC(=O)OC[C@H]1O[C@@H](O[C@@H]([C@H](OC(C)=O)c2cnn(-c3ccccc3)n2)[C@@H](COC(C)=O)OC(C)=O)[C@H](OC(C)=O)[C@@H](OC(C)=O)[C@@H]1OC(C)=O. The molecule has 8 atom stereocenters. The fourth-order valence-corrected chi connectivity index (χ4v) is 4.98. The van der Waals surface area contributed by atoms with Gasteiger partial charge in [-0.1, -0.05) is 18.2 Å². The van der Waals surface area contributed by atoms with Gasteiger partial charge in [-0.2, -0.15) is 9.90 Å². The van der Waals surface area contributed by atoms with Crippen molar-refractivity contribution >= 4 is 41.8 Å². The van der Waals surface area contributed by atoms with E-state index in [4.69, 9.17) is 42.6 Å². The molecule has 0 aliphatic carbocycles. The Morgan fingerprint density at radius 2 is 1.27 bits per heavy atom. The van der Waals surface area contributed by atoms with E-state index in [0.717, 1.165) is 48.5 Å². The van der Waals surface area contributed by atoms with Crippen molar-refractivity contribution in [2.24, 2.45) is 0 Å². The molecule has 278 valence electrons. The summed E-state index contributed by atoms with van der Waals surface area (Å²) in [4.78, 5) is 86.8. The van der Waals surface area contributed by atoms with Crippen molar-refractivity contribution in [1.29, 1.82) is 0 Å². The molecule has 1 fully saturated rings. The largest absolute Gasteiger partial charge is 0.463 e. The van der Waals surface area contributed by atoms with Gasteiger partial charge in [0.25, 0.3) is 0 Å². The molecule has 1 aliphatic rings. The molecule has 19 nitrogen and oxygen atoms in total. The van der Waals surface area contributed by atoms with E-state index in [2.05, 4.69) is 10.2 Å². The molecule has 1 saturated heterocycles. The van der Waals surface area contributed by atoms with Crippen LogP contribution in [0.1, 0.15) is 60.3 Å². The Kier molecular flexibility index (Phi) is 14.5. The second-order valence-electron chi connectivity index (χ2n) is 11.0. The number of esters is 7. The van der Waals surface area contributed by atoms with Crippen molar-refractivity contribution in [3.63, 3.8) is 0 Å². The number of ether oxygens (including phenoxy) is 9. The molecule has 0 unspecified atom stereocenters. The van der Waals surface area contributed by atoms with Crippen LogP contribution in [0, 0.1) is 0 Å². The van der Waals surface area contributed by atoms with E-state index in [0.29, 0.717) is 5.69 Å². The number of nitrogens with zero attached hydrogens (tertiary/aromatic N) is 3. The quantitative estimate of drug-likeness (QED) is 0.183. The zero-order valence-corrected chi connectivity index (χ0v) is 28.9. The average Bonchev–Trinajstić information content (AvgIpc) is 3.52. The van der Waals surface area contributed by atoms with E-state index < -0.39 is 104 Å². The van der Waals surface area contributed by atoms with Gasteiger partial charge in [-0.15, -0.1) is 5.10 Å². The second kappa shape index (κ2) is 18.5. The molecule has 0 amide bonds. The molecular weight excluding hydrogens is 682 g/mol. The van der Waals surface area contributed by atoms with Gasteiger partial charge in [0, 0.05) is 48.5 Å². The van der Waals surface area contributed by atoms with E-state index in [1.165, 1.54) is 11.0 Å². The van der Waals surface area contributed by atoms with E-state index in [1.54, 1.807) is 30.3 Å². The van der Waals surface area contributed by atoms with Gasteiger partial charge in [0.15, 0.2) is 36.8 Å². The Balaban J connectivity index is 2.23. The van der Waals surface area contributed by atoms with Crippen LogP contribution in [0.25, 0.3) is 5.69 Å². The zero-order valence-electron chi connectivity index (χ0n) is 28.9. The van der Waals surface area contributed by atoms with Crippen LogP contribution in [-0.4, -0.2) is 113 Å². The Labute approximate surface area is 291 Å². The van der Waals surface area contributed by atoms with E-state index in [-0.39, 0.29) is 5.69 Å². The van der Waals surface area contributed by atoms with Gasteiger partial charge in [0.1, 0.15) is 31.1 Å². The predicted molar refractivity (Wildman–Crippen MR) is 165 cm³/mol. The van der Waals surface area contributed by atoms with Crippen LogP contribution in [-0.2, 0) is 76.2 Å². The summed E-state index contributed by atoms with van der Waals surface area (Å²) in [6.07, 6.45) is -11.8. The van der Waals surface area contributed by atoms with Crippen LogP contribution in [0.5, 0.6) is 0 Å². The number of benzene rings is 1. The van der Waals surface area contributed by atoms with Crippen molar-refractivity contribution in [3.05, 3.63) is 42.2 Å². The van der Waals surface area contributed by atoms with Crippen molar-refractivity contribution in [2.75, 3.05) is 13.2 Å². The first kappa shape index (κ1) is 40.0. The lowest BCUT2D eigenvalue weighted by Gasteiger charge is -2.45. The van der Waals surface area contributed by atoms with Crippen molar-refractivity contribution < 1.29 is 76.2 Å². The topological polar surface area (TPSA) is 233 Å². The fourth-order valence-electron chi connectivity index (χ4n) is 4.98. The summed E-state index contributed by atoms with van der Waals surface area (Å²) < 4.78 is 50.2. The molecule has 2 aromatic rings. The highest BCUT2D eigenvalue weighted by atomic mass is 16.7. The first-order valence-electron chi connectivity index (χ1n) is 15.5. The maximum Gasteiger partial charge on any atom is 0.303 e. The molecule has 51 heavy (non-hydrogen) atoms. The minimum atomic E-state index is -1.84. The smallest absolute Gasteiger partial charge is 0.303 e. The van der Waals surface area contributed by atoms with Gasteiger partial charge in [0.05, 0.1) is 11.9 Å². The molecule has 3 rings (SSSR count). The van der Waals surface area contributed by atoms with Gasteiger partial charge in [0.2, 0.25) is 0 Å². The molecule has 19 heteroatoms. The van der Waals surface area contributed by atoms with Crippen LogP contribution >= 0.6 is 0 Å². The van der Waals surface area contributed by atoms with Crippen LogP contribution in [0.3, 0.4) is 0 Å². The van der Waals surface area contributed by atoms with Crippen LogP contribution in [0.15, 0.2) is 36.5 Å². The normalized spacial score (nSPS) is 21.5. The molecule has 1 aromatic carbocycles. The summed E-state index contributed by atoms with van der Waals surface area (Å²) in [5.74, 6) is -5.97. The zero-order chi connectivity index (χ0) is 37.8. The average molecular weight is 722 g/mol. The summed E-state index contributed by atoms with van der Waals surface area (Å²) in [5, 5.41) is 8.66. The summed E-state index contributed by atoms with van der Waals surface area (Å²) in [6.45, 7) is 6.20. The van der Waals surface area contributed by atoms with Crippen molar-refractivity contribution in [3.8, 4) is 5.69 Å². The summed E-state index contributed by atoms with van der Waals surface area (Å²) in [7, 11) is 0. The van der Waals surface area contributed by atoms with Gasteiger partial charge in [-0.3, -0.25) is 33.6 Å². The maximum absolute atomic E-state index is 12.6. The van der Waals surface area contributed by atoms with Crippen LogP contribution < -0.4 is 0 Å². The Hall–Kier alpha value is -5.43. The fraction of sp³-hybridized carbons (Fsp3) is 0.531. The molecule has 1 aliphatic heterocycles. The second-order valence-corrected chi connectivity index (χ2v) is 11.0. The molecule has 0 radical (unpaired) electrons. The van der Waals surface area contributed by atoms with Gasteiger partial charge < -0.3 is 42.6 Å². The molecular formula is C32H39N3O16.